The standard InChI is InChI=1S/C18H15IO/c1-18(20,14-9-11-15(19)12-10-14)17-8-4-6-13-5-2-3-7-16(13)17/h2-12,20H,1H3. The lowest BCUT2D eigenvalue weighted by Gasteiger charge is -2.26. The van der Waals surface area contributed by atoms with Gasteiger partial charge in [0.2, 0.25) is 0 Å². The largest absolute Gasteiger partial charge is 0.381 e. The summed E-state index contributed by atoms with van der Waals surface area (Å²) in [5.41, 5.74) is 0.858. The highest BCUT2D eigenvalue weighted by Crippen LogP contribution is 2.34. The van der Waals surface area contributed by atoms with E-state index in [4.69, 9.17) is 0 Å². The number of hydrogen-bond acceptors (Lipinski definition) is 1. The van der Waals surface area contributed by atoms with E-state index in [1.165, 1.54) is 3.57 Å². The van der Waals surface area contributed by atoms with Crippen molar-refractivity contribution in [2.24, 2.45) is 0 Å². The Morgan fingerprint density at radius 2 is 1.50 bits per heavy atom. The highest BCUT2D eigenvalue weighted by molar-refractivity contribution is 14.1. The van der Waals surface area contributed by atoms with Gasteiger partial charge in [0.25, 0.3) is 0 Å². The number of halogens is 1. The first kappa shape index (κ1) is 13.6. The second-order valence-electron chi connectivity index (χ2n) is 5.11. The highest BCUT2D eigenvalue weighted by atomic mass is 127. The van der Waals surface area contributed by atoms with Crippen LogP contribution in [0.4, 0.5) is 0 Å². The van der Waals surface area contributed by atoms with Crippen LogP contribution in [-0.4, -0.2) is 5.11 Å². The summed E-state index contributed by atoms with van der Waals surface area (Å²) in [5, 5.41) is 13.3. The third-order valence-corrected chi connectivity index (χ3v) is 4.44. The number of aliphatic hydroxyl groups is 1. The van der Waals surface area contributed by atoms with Crippen molar-refractivity contribution in [3.05, 3.63) is 81.4 Å². The van der Waals surface area contributed by atoms with E-state index in [0.29, 0.717) is 0 Å². The van der Waals surface area contributed by atoms with Crippen molar-refractivity contribution in [1.29, 1.82) is 0 Å². The maximum atomic E-state index is 11.0. The minimum atomic E-state index is -0.995. The fourth-order valence-corrected chi connectivity index (χ4v) is 2.94. The summed E-state index contributed by atoms with van der Waals surface area (Å²) in [7, 11) is 0. The van der Waals surface area contributed by atoms with Gasteiger partial charge in [0, 0.05) is 3.57 Å². The summed E-state index contributed by atoms with van der Waals surface area (Å²) in [5.74, 6) is 0. The third kappa shape index (κ3) is 2.34. The lowest BCUT2D eigenvalue weighted by Crippen LogP contribution is -2.23. The molecule has 0 radical (unpaired) electrons. The summed E-state index contributed by atoms with van der Waals surface area (Å²) < 4.78 is 1.17. The molecule has 20 heavy (non-hydrogen) atoms. The number of rotatable bonds is 2. The predicted molar refractivity (Wildman–Crippen MR) is 91.8 cm³/mol. The molecule has 0 aliphatic carbocycles. The fraction of sp³-hybridized carbons (Fsp3) is 0.111. The molecule has 0 aliphatic rings. The molecule has 0 aliphatic heterocycles. The molecule has 1 atom stereocenters. The molecule has 0 bridgehead atoms. The quantitative estimate of drug-likeness (QED) is 0.645. The maximum Gasteiger partial charge on any atom is 0.112 e. The Balaban J connectivity index is 2.20. The zero-order valence-electron chi connectivity index (χ0n) is 11.2. The van der Waals surface area contributed by atoms with Gasteiger partial charge in [0.1, 0.15) is 5.60 Å². The molecule has 0 saturated carbocycles. The molecule has 2 heteroatoms. The van der Waals surface area contributed by atoms with Crippen molar-refractivity contribution in [2.45, 2.75) is 12.5 Å². The molecular formula is C18H15IO. The summed E-state index contributed by atoms with van der Waals surface area (Å²) in [6.07, 6.45) is 0. The highest BCUT2D eigenvalue weighted by Gasteiger charge is 2.27. The second kappa shape index (κ2) is 5.19. The lowest BCUT2D eigenvalue weighted by atomic mass is 9.85. The molecule has 0 fully saturated rings. The van der Waals surface area contributed by atoms with Crippen LogP contribution in [0.1, 0.15) is 18.1 Å². The van der Waals surface area contributed by atoms with Crippen LogP contribution in [0.3, 0.4) is 0 Å². The van der Waals surface area contributed by atoms with E-state index in [-0.39, 0.29) is 0 Å². The second-order valence-corrected chi connectivity index (χ2v) is 6.35. The Labute approximate surface area is 132 Å². The number of hydrogen-bond donors (Lipinski definition) is 1. The van der Waals surface area contributed by atoms with Gasteiger partial charge >= 0.3 is 0 Å². The van der Waals surface area contributed by atoms with E-state index in [0.717, 1.165) is 21.9 Å². The van der Waals surface area contributed by atoms with E-state index in [9.17, 15) is 5.11 Å². The molecule has 3 aromatic rings. The van der Waals surface area contributed by atoms with Crippen LogP contribution < -0.4 is 0 Å². The third-order valence-electron chi connectivity index (χ3n) is 3.72. The lowest BCUT2D eigenvalue weighted by molar-refractivity contribution is 0.104. The molecule has 3 aromatic carbocycles. The van der Waals surface area contributed by atoms with Crippen LogP contribution >= 0.6 is 22.6 Å². The molecule has 3 rings (SSSR count). The first-order valence-electron chi connectivity index (χ1n) is 6.56. The van der Waals surface area contributed by atoms with E-state index in [1.807, 2.05) is 55.5 Å². The van der Waals surface area contributed by atoms with Crippen LogP contribution in [0.2, 0.25) is 0 Å². The first-order valence-corrected chi connectivity index (χ1v) is 7.63. The van der Waals surface area contributed by atoms with E-state index < -0.39 is 5.60 Å². The van der Waals surface area contributed by atoms with Gasteiger partial charge in [-0.2, -0.15) is 0 Å². The summed E-state index contributed by atoms with van der Waals surface area (Å²) in [4.78, 5) is 0. The minimum Gasteiger partial charge on any atom is -0.381 e. The van der Waals surface area contributed by atoms with Crippen LogP contribution in [0.15, 0.2) is 66.7 Å². The van der Waals surface area contributed by atoms with Gasteiger partial charge in [-0.25, -0.2) is 0 Å². The Bertz CT molecular complexity index is 739. The van der Waals surface area contributed by atoms with Crippen LogP contribution in [0.25, 0.3) is 10.8 Å². The number of fused-ring (bicyclic) bond motifs is 1. The Kier molecular flexibility index (Phi) is 3.52. The van der Waals surface area contributed by atoms with Crippen LogP contribution in [0.5, 0.6) is 0 Å². The molecule has 100 valence electrons. The smallest absolute Gasteiger partial charge is 0.112 e. The van der Waals surface area contributed by atoms with Crippen molar-refractivity contribution in [3.63, 3.8) is 0 Å². The van der Waals surface area contributed by atoms with Gasteiger partial charge in [0.15, 0.2) is 0 Å². The van der Waals surface area contributed by atoms with Crippen molar-refractivity contribution in [3.8, 4) is 0 Å². The van der Waals surface area contributed by atoms with Crippen LogP contribution in [0, 0.1) is 3.57 Å². The maximum absolute atomic E-state index is 11.0. The molecular weight excluding hydrogens is 359 g/mol. The first-order chi connectivity index (χ1) is 9.59. The van der Waals surface area contributed by atoms with Gasteiger partial charge in [-0.3, -0.25) is 0 Å². The molecule has 0 amide bonds. The summed E-state index contributed by atoms with van der Waals surface area (Å²) >= 11 is 2.27. The fourth-order valence-electron chi connectivity index (χ4n) is 2.58. The summed E-state index contributed by atoms with van der Waals surface area (Å²) in [6.45, 7) is 1.86. The van der Waals surface area contributed by atoms with Crippen molar-refractivity contribution in [1.82, 2.24) is 0 Å². The van der Waals surface area contributed by atoms with Gasteiger partial charge in [0.05, 0.1) is 0 Å². The van der Waals surface area contributed by atoms with Gasteiger partial charge in [-0.1, -0.05) is 54.6 Å². The molecule has 1 nitrogen and oxygen atoms in total. The van der Waals surface area contributed by atoms with E-state index in [1.54, 1.807) is 0 Å². The summed E-state index contributed by atoms with van der Waals surface area (Å²) in [6, 6.07) is 22.3. The Morgan fingerprint density at radius 1 is 0.850 bits per heavy atom. The molecule has 1 unspecified atom stereocenters. The Hall–Kier alpha value is -1.39. The molecule has 0 aromatic heterocycles. The van der Waals surface area contributed by atoms with Gasteiger partial charge < -0.3 is 5.11 Å². The molecule has 0 spiro atoms. The molecule has 1 N–H and O–H groups in total. The zero-order chi connectivity index (χ0) is 14.2. The zero-order valence-corrected chi connectivity index (χ0v) is 13.3. The molecule has 0 saturated heterocycles. The average molecular weight is 374 g/mol. The van der Waals surface area contributed by atoms with E-state index in [2.05, 4.69) is 40.8 Å². The van der Waals surface area contributed by atoms with Crippen molar-refractivity contribution in [2.75, 3.05) is 0 Å². The monoisotopic (exact) mass is 374 g/mol. The topological polar surface area (TPSA) is 20.2 Å². The van der Waals surface area contributed by atoms with E-state index >= 15 is 0 Å². The number of benzene rings is 3. The van der Waals surface area contributed by atoms with Crippen LogP contribution in [-0.2, 0) is 5.60 Å². The minimum absolute atomic E-state index is 0.911. The Morgan fingerprint density at radius 3 is 2.25 bits per heavy atom. The van der Waals surface area contributed by atoms with Crippen molar-refractivity contribution < 1.29 is 5.11 Å². The van der Waals surface area contributed by atoms with Crippen molar-refractivity contribution >= 4 is 33.4 Å². The predicted octanol–water partition coefficient (Wildman–Crippen LogP) is 4.70. The van der Waals surface area contributed by atoms with Gasteiger partial charge in [-0.15, -0.1) is 0 Å². The van der Waals surface area contributed by atoms with Gasteiger partial charge in [-0.05, 0) is 63.5 Å². The average Bonchev–Trinajstić information content (AvgIpc) is 2.47. The molecule has 0 heterocycles. The normalized spacial score (nSPS) is 14.2. The SMILES string of the molecule is CC(O)(c1ccc(I)cc1)c1cccc2ccccc12.